The van der Waals surface area contributed by atoms with Crippen molar-refractivity contribution in [1.29, 1.82) is 0 Å². The molecule has 1 N–H and O–H groups in total. The Morgan fingerprint density at radius 1 is 1.32 bits per heavy atom. The first-order valence-corrected chi connectivity index (χ1v) is 9.33. The first kappa shape index (κ1) is 16.2. The third kappa shape index (κ3) is 2.93. The van der Waals surface area contributed by atoms with E-state index in [1.165, 1.54) is 23.8 Å². The Morgan fingerprint density at radius 2 is 2.20 bits per heavy atom. The van der Waals surface area contributed by atoms with E-state index >= 15 is 0 Å². The number of aryl methyl sites for hydroxylation is 2. The summed E-state index contributed by atoms with van der Waals surface area (Å²) in [7, 11) is 0. The summed E-state index contributed by atoms with van der Waals surface area (Å²) in [5.74, 6) is 1.31. The van der Waals surface area contributed by atoms with Crippen LogP contribution in [0, 0.1) is 12.7 Å². The molecule has 5 nitrogen and oxygen atoms in total. The zero-order chi connectivity index (χ0) is 17.4. The molecular weight excluding hydrogens is 339 g/mol. The van der Waals surface area contributed by atoms with E-state index < -0.39 is 0 Å². The summed E-state index contributed by atoms with van der Waals surface area (Å²) in [6.07, 6.45) is 4.38. The van der Waals surface area contributed by atoms with Gasteiger partial charge in [0.2, 0.25) is 0 Å². The first-order chi connectivity index (χ1) is 12.1. The van der Waals surface area contributed by atoms with Gasteiger partial charge in [-0.05, 0) is 37.5 Å². The highest BCUT2D eigenvalue weighted by Crippen LogP contribution is 2.32. The second-order valence-corrected chi connectivity index (χ2v) is 7.40. The minimum atomic E-state index is -0.284. The van der Waals surface area contributed by atoms with Gasteiger partial charge < -0.3 is 9.88 Å². The summed E-state index contributed by atoms with van der Waals surface area (Å²) >= 11 is 1.32. The Balaban J connectivity index is 1.55. The van der Waals surface area contributed by atoms with Crippen molar-refractivity contribution in [3.05, 3.63) is 46.1 Å². The Bertz CT molecular complexity index is 946. The molecule has 0 fully saturated rings. The maximum atomic E-state index is 14.0. The standard InChI is InChI=1S/C18H19FN4OS/c1-11-16-12(19)6-5-7-13(16)25-17(11)18(24)20-10-15-22-21-14-8-3-2-4-9-23(14)15/h5-7H,2-4,8-10H2,1H3,(H,20,24). The molecule has 130 valence electrons. The number of amides is 1. The lowest BCUT2D eigenvalue weighted by Gasteiger charge is -2.08. The fourth-order valence-electron chi connectivity index (χ4n) is 3.39. The molecule has 1 aliphatic heterocycles. The lowest BCUT2D eigenvalue weighted by Crippen LogP contribution is -2.24. The third-order valence-corrected chi connectivity index (χ3v) is 5.96. The molecule has 0 saturated heterocycles. The van der Waals surface area contributed by atoms with Gasteiger partial charge in [0.1, 0.15) is 11.6 Å². The van der Waals surface area contributed by atoms with Crippen LogP contribution in [-0.4, -0.2) is 20.7 Å². The zero-order valence-electron chi connectivity index (χ0n) is 14.0. The number of thiophene rings is 1. The van der Waals surface area contributed by atoms with Crippen LogP contribution in [0.5, 0.6) is 0 Å². The number of rotatable bonds is 3. The predicted octanol–water partition coefficient (Wildman–Crippen LogP) is 3.60. The SMILES string of the molecule is Cc1c(C(=O)NCc2nnc3n2CCCCC3)sc2cccc(F)c12. The van der Waals surface area contributed by atoms with Gasteiger partial charge in [-0.15, -0.1) is 21.5 Å². The summed E-state index contributed by atoms with van der Waals surface area (Å²) in [5, 5.41) is 11.9. The Labute approximate surface area is 148 Å². The molecule has 0 spiro atoms. The number of hydrogen-bond acceptors (Lipinski definition) is 4. The van der Waals surface area contributed by atoms with Gasteiger partial charge >= 0.3 is 0 Å². The number of hydrogen-bond donors (Lipinski definition) is 1. The van der Waals surface area contributed by atoms with Gasteiger partial charge in [0.25, 0.3) is 5.91 Å². The van der Waals surface area contributed by atoms with Crippen LogP contribution < -0.4 is 5.32 Å². The summed E-state index contributed by atoms with van der Waals surface area (Å²) in [6, 6.07) is 4.93. The highest BCUT2D eigenvalue weighted by atomic mass is 32.1. The van der Waals surface area contributed by atoms with Crippen molar-refractivity contribution in [2.75, 3.05) is 0 Å². The fraction of sp³-hybridized carbons (Fsp3) is 0.389. The highest BCUT2D eigenvalue weighted by Gasteiger charge is 2.19. The van der Waals surface area contributed by atoms with Crippen LogP contribution in [0.4, 0.5) is 4.39 Å². The summed E-state index contributed by atoms with van der Waals surface area (Å²) in [5.41, 5.74) is 0.690. The Kier molecular flexibility index (Phi) is 4.25. The van der Waals surface area contributed by atoms with Crippen molar-refractivity contribution in [1.82, 2.24) is 20.1 Å². The molecule has 7 heteroatoms. The molecule has 0 unspecified atom stereocenters. The lowest BCUT2D eigenvalue weighted by atomic mass is 10.1. The Hall–Kier alpha value is -2.28. The molecule has 3 heterocycles. The molecule has 1 aromatic carbocycles. The number of carbonyl (C=O) groups is 1. The number of halogens is 1. The molecular formula is C18H19FN4OS. The van der Waals surface area contributed by atoms with Crippen LogP contribution >= 0.6 is 11.3 Å². The second-order valence-electron chi connectivity index (χ2n) is 6.35. The molecule has 2 aromatic heterocycles. The van der Waals surface area contributed by atoms with Crippen molar-refractivity contribution in [3.63, 3.8) is 0 Å². The van der Waals surface area contributed by atoms with Gasteiger partial charge in [0, 0.05) is 23.1 Å². The predicted molar refractivity (Wildman–Crippen MR) is 95.3 cm³/mol. The molecule has 25 heavy (non-hydrogen) atoms. The van der Waals surface area contributed by atoms with Crippen LogP contribution in [0.1, 0.15) is 46.1 Å². The van der Waals surface area contributed by atoms with Crippen LogP contribution in [0.25, 0.3) is 10.1 Å². The van der Waals surface area contributed by atoms with Gasteiger partial charge in [-0.3, -0.25) is 4.79 Å². The first-order valence-electron chi connectivity index (χ1n) is 8.52. The monoisotopic (exact) mass is 358 g/mol. The van der Waals surface area contributed by atoms with E-state index in [2.05, 4.69) is 20.1 Å². The normalized spacial score (nSPS) is 14.3. The van der Waals surface area contributed by atoms with E-state index in [1.807, 2.05) is 6.07 Å². The average molecular weight is 358 g/mol. The Morgan fingerprint density at radius 3 is 3.04 bits per heavy atom. The number of nitrogens with zero attached hydrogens (tertiary/aromatic N) is 3. The molecule has 1 aliphatic rings. The van der Waals surface area contributed by atoms with Crippen LogP contribution in [0.3, 0.4) is 0 Å². The minimum Gasteiger partial charge on any atom is -0.344 e. The van der Waals surface area contributed by atoms with E-state index in [0.29, 0.717) is 22.4 Å². The van der Waals surface area contributed by atoms with E-state index in [0.717, 1.165) is 42.2 Å². The lowest BCUT2D eigenvalue weighted by molar-refractivity contribution is 0.0953. The maximum Gasteiger partial charge on any atom is 0.262 e. The molecule has 0 atom stereocenters. The fourth-order valence-corrected chi connectivity index (χ4v) is 4.52. The van der Waals surface area contributed by atoms with Gasteiger partial charge in [-0.2, -0.15) is 0 Å². The third-order valence-electron chi connectivity index (χ3n) is 4.70. The zero-order valence-corrected chi connectivity index (χ0v) is 14.8. The van der Waals surface area contributed by atoms with E-state index in [9.17, 15) is 9.18 Å². The highest BCUT2D eigenvalue weighted by molar-refractivity contribution is 7.21. The van der Waals surface area contributed by atoms with Crippen molar-refractivity contribution < 1.29 is 9.18 Å². The van der Waals surface area contributed by atoms with Crippen molar-refractivity contribution in [2.24, 2.45) is 0 Å². The smallest absolute Gasteiger partial charge is 0.262 e. The second kappa shape index (κ2) is 6.55. The van der Waals surface area contributed by atoms with Crippen LogP contribution in [-0.2, 0) is 19.5 Å². The maximum absolute atomic E-state index is 14.0. The topological polar surface area (TPSA) is 59.8 Å². The van der Waals surface area contributed by atoms with Gasteiger partial charge in [0.05, 0.1) is 11.4 Å². The number of nitrogens with one attached hydrogen (secondary N) is 1. The summed E-state index contributed by atoms with van der Waals surface area (Å²) in [6.45, 7) is 3.03. The molecule has 4 rings (SSSR count). The average Bonchev–Trinajstić information content (AvgIpc) is 3.05. The van der Waals surface area contributed by atoms with Gasteiger partial charge in [-0.25, -0.2) is 4.39 Å². The minimum absolute atomic E-state index is 0.191. The largest absolute Gasteiger partial charge is 0.344 e. The van der Waals surface area contributed by atoms with Crippen molar-refractivity contribution in [2.45, 2.75) is 45.7 Å². The van der Waals surface area contributed by atoms with Gasteiger partial charge in [0.15, 0.2) is 5.82 Å². The van der Waals surface area contributed by atoms with Crippen molar-refractivity contribution >= 4 is 27.3 Å². The number of benzene rings is 1. The van der Waals surface area contributed by atoms with Crippen molar-refractivity contribution in [3.8, 4) is 0 Å². The van der Waals surface area contributed by atoms with E-state index in [1.54, 1.807) is 13.0 Å². The molecule has 0 saturated carbocycles. The molecule has 1 amide bonds. The molecule has 3 aromatic rings. The quantitative estimate of drug-likeness (QED) is 0.778. The molecule has 0 bridgehead atoms. The number of carbonyl (C=O) groups excluding carboxylic acids is 1. The molecule has 0 radical (unpaired) electrons. The van der Waals surface area contributed by atoms with E-state index in [4.69, 9.17) is 0 Å². The molecule has 0 aliphatic carbocycles. The van der Waals surface area contributed by atoms with Gasteiger partial charge in [-0.1, -0.05) is 12.5 Å². The number of aromatic nitrogens is 3. The number of fused-ring (bicyclic) bond motifs is 2. The van der Waals surface area contributed by atoms with Crippen LogP contribution in [0.15, 0.2) is 18.2 Å². The summed E-state index contributed by atoms with van der Waals surface area (Å²) in [4.78, 5) is 13.1. The van der Waals surface area contributed by atoms with Crippen LogP contribution in [0.2, 0.25) is 0 Å². The summed E-state index contributed by atoms with van der Waals surface area (Å²) < 4.78 is 16.9. The van der Waals surface area contributed by atoms with E-state index in [-0.39, 0.29) is 11.7 Å².